The fraction of sp³-hybridized carbons (Fsp3) is 0.684. The largest absolute Gasteiger partial charge is 0.493 e. The van der Waals surface area contributed by atoms with Crippen molar-refractivity contribution in [3.63, 3.8) is 0 Å². The topological polar surface area (TPSA) is 41.9 Å². The van der Waals surface area contributed by atoms with Crippen LogP contribution in [-0.2, 0) is 17.6 Å². The first-order chi connectivity index (χ1) is 11.3. The number of rotatable bonds is 4. The van der Waals surface area contributed by atoms with Gasteiger partial charge in [0, 0.05) is 31.5 Å². The van der Waals surface area contributed by atoms with Gasteiger partial charge in [-0.25, -0.2) is 0 Å². The van der Waals surface area contributed by atoms with Crippen LogP contribution in [0.25, 0.3) is 0 Å². The Labute approximate surface area is 138 Å². The summed E-state index contributed by atoms with van der Waals surface area (Å²) in [5.41, 5.74) is 2.75. The van der Waals surface area contributed by atoms with Gasteiger partial charge in [-0.3, -0.25) is 4.90 Å². The quantitative estimate of drug-likeness (QED) is 0.923. The molecular formula is C19H27NO3. The number of hydrogen-bond donors (Lipinski definition) is 1. The maximum Gasteiger partial charge on any atom is 0.122 e. The Morgan fingerprint density at radius 2 is 2.17 bits per heavy atom. The number of benzene rings is 1. The van der Waals surface area contributed by atoms with E-state index in [0.717, 1.165) is 70.8 Å². The third-order valence-corrected chi connectivity index (χ3v) is 5.75. The molecule has 4 heteroatoms. The van der Waals surface area contributed by atoms with Gasteiger partial charge >= 0.3 is 0 Å². The van der Waals surface area contributed by atoms with Gasteiger partial charge in [-0.2, -0.15) is 0 Å². The van der Waals surface area contributed by atoms with E-state index in [1.165, 1.54) is 11.1 Å². The molecule has 2 fully saturated rings. The second-order valence-corrected chi connectivity index (χ2v) is 7.13. The molecule has 0 aromatic heterocycles. The smallest absolute Gasteiger partial charge is 0.122 e. The minimum absolute atomic E-state index is 0.138. The summed E-state index contributed by atoms with van der Waals surface area (Å²) in [4.78, 5) is 2.55. The number of morpholine rings is 1. The van der Waals surface area contributed by atoms with Crippen LogP contribution in [0.15, 0.2) is 18.2 Å². The predicted molar refractivity (Wildman–Crippen MR) is 88.9 cm³/mol. The number of aliphatic hydroxyl groups is 1. The third-order valence-electron chi connectivity index (χ3n) is 5.75. The van der Waals surface area contributed by atoms with E-state index >= 15 is 0 Å². The Hall–Kier alpha value is -1.10. The molecular weight excluding hydrogens is 290 g/mol. The van der Waals surface area contributed by atoms with Crippen molar-refractivity contribution in [2.45, 2.75) is 44.2 Å². The fourth-order valence-corrected chi connectivity index (χ4v) is 4.42. The summed E-state index contributed by atoms with van der Waals surface area (Å²) < 4.78 is 11.3. The minimum atomic E-state index is -0.138. The van der Waals surface area contributed by atoms with Crippen molar-refractivity contribution in [1.82, 2.24) is 4.90 Å². The maximum absolute atomic E-state index is 10.3. The minimum Gasteiger partial charge on any atom is -0.493 e. The Kier molecular flexibility index (Phi) is 4.56. The average molecular weight is 317 g/mol. The Morgan fingerprint density at radius 1 is 1.22 bits per heavy atom. The summed E-state index contributed by atoms with van der Waals surface area (Å²) in [6.45, 7) is 4.46. The lowest BCUT2D eigenvalue weighted by Crippen LogP contribution is -2.51. The Bertz CT molecular complexity index is 547. The number of aliphatic hydroxyl groups excluding tert-OH is 1. The van der Waals surface area contributed by atoms with Gasteiger partial charge in [-0.1, -0.05) is 18.6 Å². The lowest BCUT2D eigenvalue weighted by atomic mass is 9.94. The van der Waals surface area contributed by atoms with E-state index in [2.05, 4.69) is 23.1 Å². The standard InChI is InChI=1S/C19H27NO3/c21-18-3-1-2-16(18)17-13-22-11-9-20(17)8-6-14-4-5-19-15(12-14)7-10-23-19/h4-5,12,16-18,21H,1-3,6-11,13H2/t16-,17+,18-/m1/s1. The molecule has 0 amide bonds. The van der Waals surface area contributed by atoms with Crippen LogP contribution in [0.2, 0.25) is 0 Å². The molecule has 2 heterocycles. The molecule has 1 N–H and O–H groups in total. The molecule has 3 atom stereocenters. The zero-order valence-electron chi connectivity index (χ0n) is 13.7. The highest BCUT2D eigenvalue weighted by molar-refractivity contribution is 5.39. The van der Waals surface area contributed by atoms with Crippen molar-refractivity contribution in [3.8, 4) is 5.75 Å². The van der Waals surface area contributed by atoms with Gasteiger partial charge in [0.05, 0.1) is 25.9 Å². The molecule has 126 valence electrons. The van der Waals surface area contributed by atoms with Crippen LogP contribution in [-0.4, -0.2) is 55.1 Å². The highest BCUT2D eigenvalue weighted by Gasteiger charge is 2.37. The molecule has 4 rings (SSSR count). The van der Waals surface area contributed by atoms with Crippen molar-refractivity contribution in [2.24, 2.45) is 5.92 Å². The van der Waals surface area contributed by atoms with Crippen LogP contribution in [0, 0.1) is 5.92 Å². The lowest BCUT2D eigenvalue weighted by Gasteiger charge is -2.40. The van der Waals surface area contributed by atoms with E-state index in [0.29, 0.717) is 12.0 Å². The van der Waals surface area contributed by atoms with E-state index < -0.39 is 0 Å². The van der Waals surface area contributed by atoms with E-state index in [1.54, 1.807) is 0 Å². The summed E-state index contributed by atoms with van der Waals surface area (Å²) in [5, 5.41) is 10.3. The molecule has 1 aromatic rings. The third kappa shape index (κ3) is 3.25. The van der Waals surface area contributed by atoms with Gasteiger partial charge in [0.25, 0.3) is 0 Å². The first-order valence-corrected chi connectivity index (χ1v) is 9.06. The van der Waals surface area contributed by atoms with E-state index in [-0.39, 0.29) is 6.10 Å². The van der Waals surface area contributed by atoms with Crippen LogP contribution in [0.4, 0.5) is 0 Å². The molecule has 0 bridgehead atoms. The molecule has 1 saturated carbocycles. The van der Waals surface area contributed by atoms with Gasteiger partial charge in [-0.05, 0) is 36.5 Å². The molecule has 2 aliphatic heterocycles. The van der Waals surface area contributed by atoms with Crippen LogP contribution in [0.1, 0.15) is 30.4 Å². The van der Waals surface area contributed by atoms with Crippen LogP contribution in [0.3, 0.4) is 0 Å². The normalized spacial score (nSPS) is 31.1. The SMILES string of the molecule is O[C@@H]1CCC[C@@H]1[C@@H]1COCCN1CCc1ccc2c(c1)CCO2. The van der Waals surface area contributed by atoms with Gasteiger partial charge in [0.15, 0.2) is 0 Å². The summed E-state index contributed by atoms with van der Waals surface area (Å²) in [6.07, 6.45) is 5.22. The summed E-state index contributed by atoms with van der Waals surface area (Å²) in [7, 11) is 0. The van der Waals surface area contributed by atoms with Crippen molar-refractivity contribution in [1.29, 1.82) is 0 Å². The summed E-state index contributed by atoms with van der Waals surface area (Å²) >= 11 is 0. The van der Waals surface area contributed by atoms with Gasteiger partial charge in [-0.15, -0.1) is 0 Å². The lowest BCUT2D eigenvalue weighted by molar-refractivity contribution is -0.0494. The van der Waals surface area contributed by atoms with Crippen LogP contribution in [0.5, 0.6) is 5.75 Å². The van der Waals surface area contributed by atoms with E-state index in [9.17, 15) is 5.11 Å². The number of nitrogens with zero attached hydrogens (tertiary/aromatic N) is 1. The van der Waals surface area contributed by atoms with Crippen LogP contribution < -0.4 is 4.74 Å². The van der Waals surface area contributed by atoms with Crippen molar-refractivity contribution in [2.75, 3.05) is 32.9 Å². The second kappa shape index (κ2) is 6.80. The first-order valence-electron chi connectivity index (χ1n) is 9.06. The zero-order valence-corrected chi connectivity index (χ0v) is 13.7. The van der Waals surface area contributed by atoms with Gasteiger partial charge in [0.1, 0.15) is 5.75 Å². The van der Waals surface area contributed by atoms with Crippen molar-refractivity contribution < 1.29 is 14.6 Å². The predicted octanol–water partition coefficient (Wildman–Crippen LogP) is 2.03. The number of fused-ring (bicyclic) bond motifs is 1. The number of ether oxygens (including phenoxy) is 2. The Morgan fingerprint density at radius 3 is 3.04 bits per heavy atom. The molecule has 0 spiro atoms. The molecule has 1 aromatic carbocycles. The van der Waals surface area contributed by atoms with Crippen molar-refractivity contribution >= 4 is 0 Å². The van der Waals surface area contributed by atoms with E-state index in [1.807, 2.05) is 0 Å². The summed E-state index contributed by atoms with van der Waals surface area (Å²) in [5.74, 6) is 1.45. The molecule has 0 unspecified atom stereocenters. The molecule has 3 aliphatic rings. The van der Waals surface area contributed by atoms with Crippen LogP contribution >= 0.6 is 0 Å². The van der Waals surface area contributed by atoms with Crippen molar-refractivity contribution in [3.05, 3.63) is 29.3 Å². The Balaban J connectivity index is 1.40. The molecule has 4 nitrogen and oxygen atoms in total. The molecule has 1 aliphatic carbocycles. The monoisotopic (exact) mass is 317 g/mol. The maximum atomic E-state index is 10.3. The van der Waals surface area contributed by atoms with Gasteiger partial charge in [0.2, 0.25) is 0 Å². The average Bonchev–Trinajstić information content (AvgIpc) is 3.21. The van der Waals surface area contributed by atoms with E-state index in [4.69, 9.17) is 9.47 Å². The van der Waals surface area contributed by atoms with Gasteiger partial charge < -0.3 is 14.6 Å². The first kappa shape index (κ1) is 15.4. The zero-order chi connectivity index (χ0) is 15.6. The molecule has 0 radical (unpaired) electrons. The highest BCUT2D eigenvalue weighted by Crippen LogP contribution is 2.32. The molecule has 23 heavy (non-hydrogen) atoms. The second-order valence-electron chi connectivity index (χ2n) is 7.13. The molecule has 1 saturated heterocycles. The number of hydrogen-bond acceptors (Lipinski definition) is 4. The highest BCUT2D eigenvalue weighted by atomic mass is 16.5. The summed E-state index contributed by atoms with van der Waals surface area (Å²) in [6, 6.07) is 7.01. The fourth-order valence-electron chi connectivity index (χ4n) is 4.42.